The zero-order valence-electron chi connectivity index (χ0n) is 11.6. The highest BCUT2D eigenvalue weighted by atomic mass is 15.2. The van der Waals surface area contributed by atoms with Crippen molar-refractivity contribution in [3.05, 3.63) is 34.9 Å². The first-order valence-electron chi connectivity index (χ1n) is 6.64. The highest BCUT2D eigenvalue weighted by molar-refractivity contribution is 5.31. The SMILES string of the molecule is CCC(CC)C(Cc1cc(C)ccc1C)NN. The molecule has 0 bridgehead atoms. The highest BCUT2D eigenvalue weighted by Crippen LogP contribution is 2.19. The molecule has 1 aromatic rings. The second-order valence-electron chi connectivity index (χ2n) is 4.98. The first-order chi connectivity index (χ1) is 8.12. The van der Waals surface area contributed by atoms with Crippen LogP contribution in [0.15, 0.2) is 18.2 Å². The molecule has 0 saturated heterocycles. The van der Waals surface area contributed by atoms with Crippen molar-refractivity contribution in [2.24, 2.45) is 11.8 Å². The number of hydrogen-bond donors (Lipinski definition) is 2. The summed E-state index contributed by atoms with van der Waals surface area (Å²) >= 11 is 0. The molecule has 0 aliphatic heterocycles. The van der Waals surface area contributed by atoms with E-state index in [1.165, 1.54) is 29.5 Å². The van der Waals surface area contributed by atoms with Crippen molar-refractivity contribution in [2.45, 2.75) is 53.0 Å². The van der Waals surface area contributed by atoms with Crippen molar-refractivity contribution < 1.29 is 0 Å². The first-order valence-corrected chi connectivity index (χ1v) is 6.64. The zero-order chi connectivity index (χ0) is 12.8. The summed E-state index contributed by atoms with van der Waals surface area (Å²) in [5, 5.41) is 0. The number of nitrogens with two attached hydrogens (primary N) is 1. The number of aryl methyl sites for hydroxylation is 2. The maximum absolute atomic E-state index is 5.71. The predicted molar refractivity (Wildman–Crippen MR) is 74.8 cm³/mol. The molecular weight excluding hydrogens is 208 g/mol. The Labute approximate surface area is 106 Å². The average Bonchev–Trinajstić information content (AvgIpc) is 2.33. The van der Waals surface area contributed by atoms with Gasteiger partial charge in [-0.2, -0.15) is 0 Å². The molecular formula is C15H26N2. The Bertz CT molecular complexity index is 343. The Hall–Kier alpha value is -0.860. The maximum atomic E-state index is 5.71. The Morgan fingerprint density at radius 3 is 2.35 bits per heavy atom. The standard InChI is InChI=1S/C15H26N2/c1-5-13(6-2)15(17-16)10-14-9-11(3)7-8-12(14)4/h7-9,13,15,17H,5-6,10,16H2,1-4H3. The molecule has 17 heavy (non-hydrogen) atoms. The summed E-state index contributed by atoms with van der Waals surface area (Å²) in [4.78, 5) is 0. The molecule has 1 aromatic carbocycles. The molecule has 0 amide bonds. The van der Waals surface area contributed by atoms with Crippen LogP contribution in [0.3, 0.4) is 0 Å². The molecule has 1 unspecified atom stereocenters. The molecule has 0 saturated carbocycles. The molecule has 0 heterocycles. The smallest absolute Gasteiger partial charge is 0.0279 e. The van der Waals surface area contributed by atoms with E-state index in [2.05, 4.69) is 51.3 Å². The summed E-state index contributed by atoms with van der Waals surface area (Å²) in [5.41, 5.74) is 7.10. The van der Waals surface area contributed by atoms with Crippen LogP contribution in [0.1, 0.15) is 43.4 Å². The molecule has 96 valence electrons. The number of benzene rings is 1. The van der Waals surface area contributed by atoms with Crippen molar-refractivity contribution >= 4 is 0 Å². The fourth-order valence-corrected chi connectivity index (χ4v) is 2.48. The Morgan fingerprint density at radius 2 is 1.82 bits per heavy atom. The second-order valence-corrected chi connectivity index (χ2v) is 4.98. The fraction of sp³-hybridized carbons (Fsp3) is 0.600. The van der Waals surface area contributed by atoms with Crippen molar-refractivity contribution in [3.63, 3.8) is 0 Å². The van der Waals surface area contributed by atoms with Crippen LogP contribution < -0.4 is 11.3 Å². The van der Waals surface area contributed by atoms with Crippen LogP contribution in [0.25, 0.3) is 0 Å². The minimum Gasteiger partial charge on any atom is -0.271 e. The predicted octanol–water partition coefficient (Wildman–Crippen LogP) is 3.11. The van der Waals surface area contributed by atoms with E-state index in [1.54, 1.807) is 0 Å². The third-order valence-corrected chi connectivity index (χ3v) is 3.78. The van der Waals surface area contributed by atoms with Gasteiger partial charge in [0.15, 0.2) is 0 Å². The van der Waals surface area contributed by atoms with Crippen LogP contribution >= 0.6 is 0 Å². The lowest BCUT2D eigenvalue weighted by molar-refractivity contribution is 0.335. The van der Waals surface area contributed by atoms with Gasteiger partial charge in [0, 0.05) is 6.04 Å². The van der Waals surface area contributed by atoms with E-state index in [4.69, 9.17) is 5.84 Å². The van der Waals surface area contributed by atoms with E-state index in [9.17, 15) is 0 Å². The number of hydrogen-bond acceptors (Lipinski definition) is 2. The van der Waals surface area contributed by atoms with Crippen molar-refractivity contribution in [2.75, 3.05) is 0 Å². The van der Waals surface area contributed by atoms with Crippen LogP contribution in [0.4, 0.5) is 0 Å². The highest BCUT2D eigenvalue weighted by Gasteiger charge is 2.18. The monoisotopic (exact) mass is 234 g/mol. The normalized spacial score (nSPS) is 13.1. The lowest BCUT2D eigenvalue weighted by Crippen LogP contribution is -2.42. The Balaban J connectivity index is 2.83. The lowest BCUT2D eigenvalue weighted by Gasteiger charge is -2.25. The van der Waals surface area contributed by atoms with Gasteiger partial charge in [-0.1, -0.05) is 50.5 Å². The molecule has 0 spiro atoms. The van der Waals surface area contributed by atoms with Crippen molar-refractivity contribution in [1.29, 1.82) is 0 Å². The van der Waals surface area contributed by atoms with E-state index >= 15 is 0 Å². The summed E-state index contributed by atoms with van der Waals surface area (Å²) in [6.07, 6.45) is 3.38. The zero-order valence-corrected chi connectivity index (χ0v) is 11.6. The minimum absolute atomic E-state index is 0.380. The van der Waals surface area contributed by atoms with E-state index < -0.39 is 0 Å². The molecule has 2 heteroatoms. The molecule has 0 aliphatic carbocycles. The Morgan fingerprint density at radius 1 is 1.18 bits per heavy atom. The Kier molecular flexibility index (Phi) is 5.66. The van der Waals surface area contributed by atoms with Gasteiger partial charge in [-0.25, -0.2) is 0 Å². The van der Waals surface area contributed by atoms with E-state index in [-0.39, 0.29) is 0 Å². The molecule has 2 nitrogen and oxygen atoms in total. The largest absolute Gasteiger partial charge is 0.271 e. The van der Waals surface area contributed by atoms with Gasteiger partial charge in [-0.05, 0) is 37.3 Å². The van der Waals surface area contributed by atoms with E-state index in [0.29, 0.717) is 12.0 Å². The molecule has 0 aromatic heterocycles. The summed E-state index contributed by atoms with van der Waals surface area (Å²) in [7, 11) is 0. The molecule has 1 atom stereocenters. The molecule has 0 fully saturated rings. The van der Waals surface area contributed by atoms with Gasteiger partial charge >= 0.3 is 0 Å². The van der Waals surface area contributed by atoms with Gasteiger partial charge in [0.25, 0.3) is 0 Å². The van der Waals surface area contributed by atoms with Gasteiger partial charge in [-0.3, -0.25) is 11.3 Å². The van der Waals surface area contributed by atoms with E-state index in [1.807, 2.05) is 0 Å². The van der Waals surface area contributed by atoms with Gasteiger partial charge in [-0.15, -0.1) is 0 Å². The molecule has 0 radical (unpaired) electrons. The summed E-state index contributed by atoms with van der Waals surface area (Å²) in [6.45, 7) is 8.80. The molecule has 0 aliphatic rings. The minimum atomic E-state index is 0.380. The summed E-state index contributed by atoms with van der Waals surface area (Å²) in [5.74, 6) is 6.36. The lowest BCUT2D eigenvalue weighted by atomic mass is 9.88. The van der Waals surface area contributed by atoms with Crippen molar-refractivity contribution in [1.82, 2.24) is 5.43 Å². The number of nitrogens with one attached hydrogen (secondary N) is 1. The van der Waals surface area contributed by atoms with Crippen LogP contribution in [0.5, 0.6) is 0 Å². The van der Waals surface area contributed by atoms with Crippen LogP contribution in [0.2, 0.25) is 0 Å². The quantitative estimate of drug-likeness (QED) is 0.586. The van der Waals surface area contributed by atoms with Gasteiger partial charge < -0.3 is 0 Å². The van der Waals surface area contributed by atoms with Crippen LogP contribution in [-0.2, 0) is 6.42 Å². The number of hydrazine groups is 1. The topological polar surface area (TPSA) is 38.0 Å². The fourth-order valence-electron chi connectivity index (χ4n) is 2.48. The van der Waals surface area contributed by atoms with Gasteiger partial charge in [0.05, 0.1) is 0 Å². The summed E-state index contributed by atoms with van der Waals surface area (Å²) < 4.78 is 0. The second kappa shape index (κ2) is 6.77. The maximum Gasteiger partial charge on any atom is 0.0279 e. The average molecular weight is 234 g/mol. The van der Waals surface area contributed by atoms with Crippen molar-refractivity contribution in [3.8, 4) is 0 Å². The summed E-state index contributed by atoms with van der Waals surface area (Å²) in [6, 6.07) is 7.03. The van der Waals surface area contributed by atoms with Gasteiger partial charge in [0.1, 0.15) is 0 Å². The molecule has 3 N–H and O–H groups in total. The van der Waals surface area contributed by atoms with Crippen LogP contribution in [0, 0.1) is 19.8 Å². The molecule has 1 rings (SSSR count). The third-order valence-electron chi connectivity index (χ3n) is 3.78. The van der Waals surface area contributed by atoms with Gasteiger partial charge in [0.2, 0.25) is 0 Å². The number of rotatable bonds is 6. The van der Waals surface area contributed by atoms with E-state index in [0.717, 1.165) is 6.42 Å². The van der Waals surface area contributed by atoms with Crippen LogP contribution in [-0.4, -0.2) is 6.04 Å². The third kappa shape index (κ3) is 3.83. The first kappa shape index (κ1) is 14.2.